The van der Waals surface area contributed by atoms with Crippen molar-refractivity contribution in [3.63, 3.8) is 0 Å². The molecule has 1 unspecified atom stereocenters. The van der Waals surface area contributed by atoms with Crippen molar-refractivity contribution in [1.29, 1.82) is 0 Å². The van der Waals surface area contributed by atoms with Gasteiger partial charge in [0.1, 0.15) is 0 Å². The van der Waals surface area contributed by atoms with Crippen molar-refractivity contribution in [3.05, 3.63) is 0 Å². The fraction of sp³-hybridized carbons (Fsp3) is 0.933. The summed E-state index contributed by atoms with van der Waals surface area (Å²) in [5.74, 6) is 2.91. The van der Waals surface area contributed by atoms with Crippen molar-refractivity contribution in [2.45, 2.75) is 51.5 Å². The minimum Gasteiger partial charge on any atom is -0.356 e. The zero-order valence-corrected chi connectivity index (χ0v) is 14.1. The van der Waals surface area contributed by atoms with Crippen LogP contribution in [0.25, 0.3) is 0 Å². The van der Waals surface area contributed by atoms with E-state index in [1.807, 2.05) is 0 Å². The van der Waals surface area contributed by atoms with E-state index in [9.17, 15) is 8.42 Å². The second-order valence-corrected chi connectivity index (χ2v) is 8.72. The van der Waals surface area contributed by atoms with E-state index in [0.29, 0.717) is 12.2 Å². The van der Waals surface area contributed by atoms with E-state index < -0.39 is 9.84 Å². The van der Waals surface area contributed by atoms with E-state index in [-0.39, 0.29) is 11.8 Å². The largest absolute Gasteiger partial charge is 0.356 e. The SMILES string of the molecule is CCC1CCC(CNC(=NC)NC2CCS(=O)(=O)C2)CC1. The van der Waals surface area contributed by atoms with Crippen LogP contribution in [-0.2, 0) is 9.84 Å². The van der Waals surface area contributed by atoms with Crippen LogP contribution in [-0.4, -0.2) is 45.5 Å². The van der Waals surface area contributed by atoms with E-state index >= 15 is 0 Å². The molecular weight excluding hydrogens is 286 g/mol. The van der Waals surface area contributed by atoms with Crippen LogP contribution >= 0.6 is 0 Å². The molecule has 1 aliphatic heterocycles. The first-order chi connectivity index (χ1) is 10.0. The lowest BCUT2D eigenvalue weighted by atomic mass is 9.81. The summed E-state index contributed by atoms with van der Waals surface area (Å²) in [5, 5.41) is 6.61. The van der Waals surface area contributed by atoms with Gasteiger partial charge in [0.2, 0.25) is 0 Å². The van der Waals surface area contributed by atoms with Crippen molar-refractivity contribution in [2.75, 3.05) is 25.1 Å². The van der Waals surface area contributed by atoms with Crippen molar-refractivity contribution in [1.82, 2.24) is 10.6 Å². The Labute approximate surface area is 128 Å². The smallest absolute Gasteiger partial charge is 0.191 e. The number of nitrogens with zero attached hydrogens (tertiary/aromatic N) is 1. The summed E-state index contributed by atoms with van der Waals surface area (Å²) < 4.78 is 22.9. The molecule has 0 aromatic rings. The molecule has 0 aromatic carbocycles. The van der Waals surface area contributed by atoms with Crippen molar-refractivity contribution >= 4 is 15.8 Å². The Hall–Kier alpha value is -0.780. The van der Waals surface area contributed by atoms with Gasteiger partial charge in [-0.15, -0.1) is 0 Å². The van der Waals surface area contributed by atoms with E-state index in [1.54, 1.807) is 7.05 Å². The molecular formula is C15H29N3O2S. The molecule has 21 heavy (non-hydrogen) atoms. The van der Waals surface area contributed by atoms with Gasteiger partial charge in [-0.1, -0.05) is 26.2 Å². The Morgan fingerprint density at radius 2 is 1.81 bits per heavy atom. The molecule has 2 aliphatic rings. The molecule has 1 saturated heterocycles. The summed E-state index contributed by atoms with van der Waals surface area (Å²) >= 11 is 0. The van der Waals surface area contributed by atoms with Gasteiger partial charge in [-0.3, -0.25) is 4.99 Å². The monoisotopic (exact) mass is 315 g/mol. The van der Waals surface area contributed by atoms with Crippen LogP contribution in [0.4, 0.5) is 0 Å². The summed E-state index contributed by atoms with van der Waals surface area (Å²) in [6.07, 6.45) is 7.26. The normalized spacial score (nSPS) is 32.9. The van der Waals surface area contributed by atoms with Crippen LogP contribution in [0.3, 0.4) is 0 Å². The van der Waals surface area contributed by atoms with E-state index in [4.69, 9.17) is 0 Å². The van der Waals surface area contributed by atoms with Crippen molar-refractivity contribution < 1.29 is 8.42 Å². The van der Waals surface area contributed by atoms with Gasteiger partial charge in [0.15, 0.2) is 15.8 Å². The summed E-state index contributed by atoms with van der Waals surface area (Å²) in [7, 11) is -1.10. The molecule has 1 heterocycles. The second kappa shape index (κ2) is 7.47. The highest BCUT2D eigenvalue weighted by molar-refractivity contribution is 7.91. The number of hydrogen-bond donors (Lipinski definition) is 2. The van der Waals surface area contributed by atoms with Gasteiger partial charge >= 0.3 is 0 Å². The number of aliphatic imine (C=N–C) groups is 1. The second-order valence-electron chi connectivity index (χ2n) is 6.49. The zero-order valence-electron chi connectivity index (χ0n) is 13.3. The Morgan fingerprint density at radius 3 is 2.33 bits per heavy atom. The highest BCUT2D eigenvalue weighted by Gasteiger charge is 2.28. The topological polar surface area (TPSA) is 70.6 Å². The maximum atomic E-state index is 11.5. The zero-order chi connectivity index (χ0) is 15.3. The Balaban J connectivity index is 1.71. The number of hydrogen-bond acceptors (Lipinski definition) is 3. The standard InChI is InChI=1S/C15H29N3O2S/c1-3-12-4-6-13(7-5-12)10-17-15(16-2)18-14-8-9-21(19,20)11-14/h12-14H,3-11H2,1-2H3,(H2,16,17,18). The Bertz CT molecular complexity index is 454. The molecule has 0 spiro atoms. The van der Waals surface area contributed by atoms with Crippen LogP contribution in [0.15, 0.2) is 4.99 Å². The summed E-state index contributed by atoms with van der Waals surface area (Å²) in [6, 6.07) is 0.0111. The molecule has 2 N–H and O–H groups in total. The molecule has 1 saturated carbocycles. The van der Waals surface area contributed by atoms with Crippen LogP contribution in [0.1, 0.15) is 45.4 Å². The fourth-order valence-corrected chi connectivity index (χ4v) is 5.06. The number of guanidine groups is 1. The van der Waals surface area contributed by atoms with E-state index in [0.717, 1.165) is 24.3 Å². The third-order valence-corrected chi connectivity index (χ3v) is 6.67. The van der Waals surface area contributed by atoms with Crippen LogP contribution < -0.4 is 10.6 Å². The third kappa shape index (κ3) is 5.16. The van der Waals surface area contributed by atoms with Gasteiger partial charge < -0.3 is 10.6 Å². The molecule has 0 amide bonds. The maximum Gasteiger partial charge on any atom is 0.191 e. The fourth-order valence-electron chi connectivity index (χ4n) is 3.38. The van der Waals surface area contributed by atoms with Gasteiger partial charge in [0.05, 0.1) is 11.5 Å². The number of rotatable bonds is 4. The molecule has 0 radical (unpaired) electrons. The lowest BCUT2D eigenvalue weighted by molar-refractivity contribution is 0.269. The van der Waals surface area contributed by atoms with Gasteiger partial charge in [0.25, 0.3) is 0 Å². The summed E-state index contributed by atoms with van der Waals surface area (Å²) in [4.78, 5) is 4.21. The average molecular weight is 315 g/mol. The van der Waals surface area contributed by atoms with Crippen LogP contribution in [0.2, 0.25) is 0 Å². The van der Waals surface area contributed by atoms with Crippen LogP contribution in [0.5, 0.6) is 0 Å². The molecule has 5 nitrogen and oxygen atoms in total. The molecule has 6 heteroatoms. The van der Waals surface area contributed by atoms with Crippen molar-refractivity contribution in [3.8, 4) is 0 Å². The van der Waals surface area contributed by atoms with E-state index in [1.165, 1.54) is 32.1 Å². The number of nitrogens with one attached hydrogen (secondary N) is 2. The molecule has 0 bridgehead atoms. The molecule has 2 fully saturated rings. The van der Waals surface area contributed by atoms with Gasteiger partial charge in [-0.05, 0) is 31.1 Å². The Morgan fingerprint density at radius 1 is 1.14 bits per heavy atom. The van der Waals surface area contributed by atoms with E-state index in [2.05, 4.69) is 22.5 Å². The molecule has 1 aliphatic carbocycles. The average Bonchev–Trinajstić information content (AvgIpc) is 2.83. The lowest BCUT2D eigenvalue weighted by Gasteiger charge is -2.28. The van der Waals surface area contributed by atoms with Gasteiger partial charge in [0, 0.05) is 19.6 Å². The van der Waals surface area contributed by atoms with Gasteiger partial charge in [-0.25, -0.2) is 8.42 Å². The highest BCUT2D eigenvalue weighted by atomic mass is 32.2. The minimum atomic E-state index is -2.84. The summed E-state index contributed by atoms with van der Waals surface area (Å²) in [6.45, 7) is 3.22. The van der Waals surface area contributed by atoms with Crippen LogP contribution in [0, 0.1) is 11.8 Å². The molecule has 2 rings (SSSR count). The highest BCUT2D eigenvalue weighted by Crippen LogP contribution is 2.30. The maximum absolute atomic E-state index is 11.5. The predicted octanol–water partition coefficient (Wildman–Crippen LogP) is 1.55. The first-order valence-electron chi connectivity index (χ1n) is 8.20. The first-order valence-corrected chi connectivity index (χ1v) is 10.0. The predicted molar refractivity (Wildman–Crippen MR) is 87.3 cm³/mol. The lowest BCUT2D eigenvalue weighted by Crippen LogP contribution is -2.45. The molecule has 0 aromatic heterocycles. The third-order valence-electron chi connectivity index (χ3n) is 4.90. The minimum absolute atomic E-state index is 0.0111. The summed E-state index contributed by atoms with van der Waals surface area (Å²) in [5.41, 5.74) is 0. The number of sulfone groups is 1. The van der Waals surface area contributed by atoms with Crippen molar-refractivity contribution in [2.24, 2.45) is 16.8 Å². The molecule has 1 atom stereocenters. The first kappa shape index (κ1) is 16.6. The quantitative estimate of drug-likeness (QED) is 0.610. The Kier molecular flexibility index (Phi) is 5.90. The van der Waals surface area contributed by atoms with Gasteiger partial charge in [-0.2, -0.15) is 0 Å². The molecule has 122 valence electrons.